The highest BCUT2D eigenvalue weighted by Gasteiger charge is 2.35. The third-order valence-corrected chi connectivity index (χ3v) is 10.4. The molecule has 46 heavy (non-hydrogen) atoms. The first kappa shape index (κ1) is 34.7. The summed E-state index contributed by atoms with van der Waals surface area (Å²) in [5, 5.41) is 2.98. The molecule has 0 saturated carbocycles. The van der Waals surface area contributed by atoms with Gasteiger partial charge in [0.05, 0.1) is 10.6 Å². The van der Waals surface area contributed by atoms with Crippen LogP contribution in [0.4, 0.5) is 10.1 Å². The molecule has 0 heterocycles. The fraction of sp³-hybridized carbons (Fsp3) is 0.278. The number of anilines is 1. The van der Waals surface area contributed by atoms with Crippen molar-refractivity contribution in [2.24, 2.45) is 0 Å². The number of nitrogens with one attached hydrogen (secondary N) is 1. The van der Waals surface area contributed by atoms with E-state index in [1.165, 1.54) is 34.9 Å². The molecule has 0 unspecified atom stereocenters. The molecule has 0 aliphatic rings. The van der Waals surface area contributed by atoms with Crippen molar-refractivity contribution in [1.29, 1.82) is 0 Å². The van der Waals surface area contributed by atoms with Gasteiger partial charge in [-0.25, -0.2) is 12.8 Å². The number of sulfonamides is 1. The summed E-state index contributed by atoms with van der Waals surface area (Å²) in [5.41, 5.74) is 2.22. The van der Waals surface area contributed by atoms with Crippen LogP contribution in [0.15, 0.2) is 113 Å². The maximum atomic E-state index is 15.1. The van der Waals surface area contributed by atoms with Gasteiger partial charge >= 0.3 is 0 Å². The number of nitrogens with zero attached hydrogens (tertiary/aromatic N) is 2. The molecule has 4 aromatic rings. The lowest BCUT2D eigenvalue weighted by Gasteiger charge is -2.34. The van der Waals surface area contributed by atoms with Gasteiger partial charge in [0.2, 0.25) is 11.8 Å². The number of carbonyl (C=O) groups is 2. The highest BCUT2D eigenvalue weighted by molar-refractivity contribution is 7.98. The van der Waals surface area contributed by atoms with E-state index in [1.807, 2.05) is 57.4 Å². The number of hydrogen-bond donors (Lipinski definition) is 1. The van der Waals surface area contributed by atoms with Crippen molar-refractivity contribution in [2.45, 2.75) is 62.0 Å². The number of aryl methyl sites for hydroxylation is 1. The van der Waals surface area contributed by atoms with Crippen LogP contribution in [0.2, 0.25) is 0 Å². The summed E-state index contributed by atoms with van der Waals surface area (Å²) >= 11 is 1.49. The van der Waals surface area contributed by atoms with Crippen LogP contribution < -0.4 is 9.62 Å². The molecule has 0 aliphatic heterocycles. The fourth-order valence-corrected chi connectivity index (χ4v) is 6.74. The quantitative estimate of drug-likeness (QED) is 0.154. The molecular formula is C36H40FN3O4S2. The first-order valence-electron chi connectivity index (χ1n) is 15.1. The first-order valence-corrected chi connectivity index (χ1v) is 17.8. The molecule has 0 aliphatic carbocycles. The second kappa shape index (κ2) is 15.9. The highest BCUT2D eigenvalue weighted by Crippen LogP contribution is 2.27. The Labute approximate surface area is 275 Å². The molecule has 242 valence electrons. The zero-order valence-corrected chi connectivity index (χ0v) is 28.2. The second-order valence-electron chi connectivity index (χ2n) is 11.2. The van der Waals surface area contributed by atoms with Gasteiger partial charge in [0.25, 0.3) is 10.0 Å². The first-order chi connectivity index (χ1) is 22.0. The van der Waals surface area contributed by atoms with E-state index in [4.69, 9.17) is 0 Å². The number of hydrogen-bond acceptors (Lipinski definition) is 5. The molecule has 0 spiro atoms. The Morgan fingerprint density at radius 2 is 1.52 bits per heavy atom. The molecule has 0 bridgehead atoms. The number of thioether (sulfide) groups is 1. The lowest BCUT2D eigenvalue weighted by Crippen LogP contribution is -2.54. The van der Waals surface area contributed by atoms with Crippen LogP contribution >= 0.6 is 11.8 Å². The van der Waals surface area contributed by atoms with Crippen molar-refractivity contribution in [1.82, 2.24) is 10.2 Å². The zero-order chi connectivity index (χ0) is 33.3. The third kappa shape index (κ3) is 8.76. The van der Waals surface area contributed by atoms with E-state index in [2.05, 4.69) is 5.32 Å². The minimum absolute atomic E-state index is 0.0229. The lowest BCUT2D eigenvalue weighted by molar-refractivity contribution is -0.140. The predicted octanol–water partition coefficient (Wildman–Crippen LogP) is 6.61. The van der Waals surface area contributed by atoms with E-state index < -0.39 is 40.2 Å². The molecule has 1 N–H and O–H groups in total. The molecule has 7 nitrogen and oxygen atoms in total. The van der Waals surface area contributed by atoms with E-state index >= 15 is 4.39 Å². The van der Waals surface area contributed by atoms with Gasteiger partial charge in [0.15, 0.2) is 0 Å². The van der Waals surface area contributed by atoms with Gasteiger partial charge in [-0.05, 0) is 74.6 Å². The molecule has 4 aromatic carbocycles. The second-order valence-corrected chi connectivity index (χ2v) is 13.9. The summed E-state index contributed by atoms with van der Waals surface area (Å²) in [7, 11) is -4.23. The predicted molar refractivity (Wildman–Crippen MR) is 183 cm³/mol. The van der Waals surface area contributed by atoms with Gasteiger partial charge in [0, 0.05) is 29.5 Å². The lowest BCUT2D eigenvalue weighted by atomic mass is 10.0. The summed E-state index contributed by atoms with van der Waals surface area (Å²) in [4.78, 5) is 30.6. The van der Waals surface area contributed by atoms with Gasteiger partial charge in [-0.2, -0.15) is 0 Å². The van der Waals surface area contributed by atoms with Crippen molar-refractivity contribution < 1.29 is 22.4 Å². The van der Waals surface area contributed by atoms with E-state index in [-0.39, 0.29) is 29.5 Å². The normalized spacial score (nSPS) is 12.6. The maximum absolute atomic E-state index is 15.1. The topological polar surface area (TPSA) is 86.8 Å². The number of halogens is 1. The highest BCUT2D eigenvalue weighted by atomic mass is 32.2. The average Bonchev–Trinajstić information content (AvgIpc) is 3.06. The van der Waals surface area contributed by atoms with Crippen LogP contribution in [0.25, 0.3) is 0 Å². The van der Waals surface area contributed by atoms with Crippen molar-refractivity contribution in [3.8, 4) is 0 Å². The van der Waals surface area contributed by atoms with Crippen molar-refractivity contribution in [3.63, 3.8) is 0 Å². The van der Waals surface area contributed by atoms with E-state index in [9.17, 15) is 18.0 Å². The minimum atomic E-state index is -4.23. The maximum Gasteiger partial charge on any atom is 0.264 e. The molecule has 0 radical (unpaired) electrons. The summed E-state index contributed by atoms with van der Waals surface area (Å²) in [6.07, 6.45) is 2.71. The Balaban J connectivity index is 1.81. The average molecular weight is 662 g/mol. The van der Waals surface area contributed by atoms with Crippen LogP contribution in [0.5, 0.6) is 0 Å². The molecule has 4 rings (SSSR count). The molecule has 2 amide bonds. The summed E-state index contributed by atoms with van der Waals surface area (Å²) in [6.45, 7) is 4.85. The SMILES string of the molecule is CC[C@H](C)NC(=O)[C@@H](Cc1ccccc1)N(Cc1ccccc1F)C(=O)CN(c1ccc(C)cc1)S(=O)(=O)c1ccc(SC)cc1. The zero-order valence-electron chi connectivity index (χ0n) is 26.5. The van der Waals surface area contributed by atoms with Crippen molar-refractivity contribution in [2.75, 3.05) is 17.1 Å². The monoisotopic (exact) mass is 661 g/mol. The van der Waals surface area contributed by atoms with Gasteiger partial charge in [-0.3, -0.25) is 13.9 Å². The smallest absolute Gasteiger partial charge is 0.264 e. The number of amides is 2. The van der Waals surface area contributed by atoms with Gasteiger partial charge < -0.3 is 10.2 Å². The van der Waals surface area contributed by atoms with E-state index in [0.29, 0.717) is 12.1 Å². The molecular weight excluding hydrogens is 622 g/mol. The largest absolute Gasteiger partial charge is 0.352 e. The van der Waals surface area contributed by atoms with Crippen LogP contribution in [0.3, 0.4) is 0 Å². The summed E-state index contributed by atoms with van der Waals surface area (Å²) in [6, 6.07) is 27.4. The standard InChI is InChI=1S/C36H40FN3O4S2/c1-5-27(3)38-36(42)34(23-28-11-7-6-8-12-28)39(24-29-13-9-10-14-33(29)37)35(41)25-40(30-17-15-26(2)16-18-30)46(43,44)32-21-19-31(45-4)20-22-32/h6-22,27,34H,5,23-25H2,1-4H3,(H,38,42)/t27-,34+/m0/s1. The molecule has 2 atom stereocenters. The Morgan fingerprint density at radius 3 is 2.13 bits per heavy atom. The van der Waals surface area contributed by atoms with E-state index in [1.54, 1.807) is 54.6 Å². The molecule has 0 fully saturated rings. The van der Waals surface area contributed by atoms with Crippen LogP contribution in [-0.4, -0.2) is 50.0 Å². The van der Waals surface area contributed by atoms with Gasteiger partial charge in [0.1, 0.15) is 18.4 Å². The van der Waals surface area contributed by atoms with Crippen molar-refractivity contribution >= 4 is 39.3 Å². The summed E-state index contributed by atoms with van der Waals surface area (Å²) in [5.74, 6) is -1.58. The number of carbonyl (C=O) groups excluding carboxylic acids is 2. The van der Waals surface area contributed by atoms with Crippen molar-refractivity contribution in [3.05, 3.63) is 126 Å². The minimum Gasteiger partial charge on any atom is -0.352 e. The Morgan fingerprint density at radius 1 is 0.891 bits per heavy atom. The third-order valence-electron chi connectivity index (χ3n) is 7.82. The number of benzene rings is 4. The Bertz CT molecular complexity index is 1720. The van der Waals surface area contributed by atoms with Gasteiger partial charge in [-0.15, -0.1) is 11.8 Å². The molecule has 0 aromatic heterocycles. The number of rotatable bonds is 14. The Kier molecular flexibility index (Phi) is 12.0. The molecule has 0 saturated heterocycles. The fourth-order valence-electron chi connectivity index (χ4n) is 4.92. The van der Waals surface area contributed by atoms with E-state index in [0.717, 1.165) is 20.3 Å². The van der Waals surface area contributed by atoms with Gasteiger partial charge in [-0.1, -0.05) is 73.2 Å². The van der Waals surface area contributed by atoms with Crippen LogP contribution in [0, 0.1) is 12.7 Å². The Hall–Kier alpha value is -4.15. The van der Waals surface area contributed by atoms with Crippen LogP contribution in [0.1, 0.15) is 37.0 Å². The molecule has 10 heteroatoms. The van der Waals surface area contributed by atoms with Crippen LogP contribution in [-0.2, 0) is 32.6 Å². The summed E-state index contributed by atoms with van der Waals surface area (Å²) < 4.78 is 44.5.